The zero-order chi connectivity index (χ0) is 15.1. The minimum absolute atomic E-state index is 0.00863. The van der Waals surface area contributed by atoms with Gasteiger partial charge in [0.2, 0.25) is 0 Å². The highest BCUT2D eigenvalue weighted by molar-refractivity contribution is 6.35. The van der Waals surface area contributed by atoms with E-state index in [1.165, 1.54) is 19.5 Å². The van der Waals surface area contributed by atoms with Crippen molar-refractivity contribution in [1.29, 1.82) is 0 Å². The number of hydrogen-bond donors (Lipinski definition) is 1. The van der Waals surface area contributed by atoms with E-state index in [4.69, 9.17) is 11.6 Å². The average molecular weight is 315 g/mol. The Morgan fingerprint density at radius 1 is 1.23 bits per heavy atom. The van der Waals surface area contributed by atoms with Crippen LogP contribution in [0, 0.1) is 5.92 Å². The van der Waals surface area contributed by atoms with Gasteiger partial charge in [-0.2, -0.15) is 0 Å². The number of carbonyl (C=O) groups excluding carboxylic acids is 1. The average Bonchev–Trinajstić information content (AvgIpc) is 2.86. The highest BCUT2D eigenvalue weighted by Gasteiger charge is 2.32. The number of fused-ring (bicyclic) bond motifs is 3. The fourth-order valence-electron chi connectivity index (χ4n) is 3.81. The summed E-state index contributed by atoms with van der Waals surface area (Å²) >= 11 is 6.23. The number of amides is 1. The van der Waals surface area contributed by atoms with E-state index in [1.54, 1.807) is 0 Å². The van der Waals surface area contributed by atoms with E-state index in [0.29, 0.717) is 10.6 Å². The molecule has 0 saturated carbocycles. The first-order chi connectivity index (χ1) is 10.7. The van der Waals surface area contributed by atoms with Gasteiger partial charge in [-0.15, -0.1) is 0 Å². The predicted molar refractivity (Wildman–Crippen MR) is 89.4 cm³/mol. The molecule has 22 heavy (non-hydrogen) atoms. The molecule has 4 rings (SSSR count). The van der Waals surface area contributed by atoms with Crippen molar-refractivity contribution in [1.82, 2.24) is 10.2 Å². The molecule has 1 unspecified atom stereocenters. The molecule has 2 aliphatic heterocycles. The Hall–Kier alpha value is -1.58. The quantitative estimate of drug-likeness (QED) is 0.922. The molecule has 2 bridgehead atoms. The third-order valence-electron chi connectivity index (χ3n) is 4.89. The van der Waals surface area contributed by atoms with Crippen molar-refractivity contribution in [3.05, 3.63) is 47.0 Å². The second-order valence-electron chi connectivity index (χ2n) is 6.50. The summed E-state index contributed by atoms with van der Waals surface area (Å²) in [7, 11) is 0. The molecular weight excluding hydrogens is 296 g/mol. The molecular formula is C18H19ClN2O. The van der Waals surface area contributed by atoms with Gasteiger partial charge in [-0.3, -0.25) is 4.79 Å². The van der Waals surface area contributed by atoms with Crippen molar-refractivity contribution in [2.45, 2.75) is 18.9 Å². The Morgan fingerprint density at radius 2 is 2.14 bits per heavy atom. The van der Waals surface area contributed by atoms with E-state index in [-0.39, 0.29) is 11.9 Å². The minimum Gasteiger partial charge on any atom is -0.348 e. The van der Waals surface area contributed by atoms with Crippen LogP contribution in [0.5, 0.6) is 0 Å². The number of rotatable bonds is 2. The van der Waals surface area contributed by atoms with Crippen molar-refractivity contribution in [3.8, 4) is 0 Å². The molecule has 3 atom stereocenters. The van der Waals surface area contributed by atoms with Crippen LogP contribution < -0.4 is 5.32 Å². The van der Waals surface area contributed by atoms with Crippen molar-refractivity contribution < 1.29 is 4.79 Å². The summed E-state index contributed by atoms with van der Waals surface area (Å²) in [6.07, 6.45) is 2.38. The monoisotopic (exact) mass is 314 g/mol. The minimum atomic E-state index is 0.00863. The van der Waals surface area contributed by atoms with Crippen molar-refractivity contribution in [2.75, 3.05) is 19.6 Å². The summed E-state index contributed by atoms with van der Waals surface area (Å²) in [5.41, 5.74) is 0.688. The molecule has 0 aromatic heterocycles. The first kappa shape index (κ1) is 14.0. The Labute approximate surface area is 135 Å². The topological polar surface area (TPSA) is 32.3 Å². The van der Waals surface area contributed by atoms with E-state index in [2.05, 4.69) is 10.2 Å². The SMILES string of the molecule is O=C(N[C@@H]1C[C@H]2CCN(C2)C1)c1ccc2cccc(Cl)c2c1. The molecule has 0 aliphatic carbocycles. The second kappa shape index (κ2) is 5.56. The summed E-state index contributed by atoms with van der Waals surface area (Å²) in [6, 6.07) is 11.8. The predicted octanol–water partition coefficient (Wildman–Crippen LogP) is 3.32. The van der Waals surface area contributed by atoms with Crippen LogP contribution in [-0.2, 0) is 0 Å². The number of carbonyl (C=O) groups is 1. The molecule has 2 aromatic rings. The maximum atomic E-state index is 12.5. The lowest BCUT2D eigenvalue weighted by Crippen LogP contribution is -2.47. The van der Waals surface area contributed by atoms with Gasteiger partial charge in [-0.05, 0) is 48.9 Å². The van der Waals surface area contributed by atoms with Gasteiger partial charge in [0.25, 0.3) is 5.91 Å². The van der Waals surface area contributed by atoms with Crippen LogP contribution in [0.1, 0.15) is 23.2 Å². The Bertz CT molecular complexity index is 718. The molecule has 2 saturated heterocycles. The molecule has 2 aliphatic rings. The largest absolute Gasteiger partial charge is 0.348 e. The first-order valence-electron chi connectivity index (χ1n) is 7.90. The lowest BCUT2D eigenvalue weighted by atomic mass is 9.96. The van der Waals surface area contributed by atoms with E-state index >= 15 is 0 Å². The van der Waals surface area contributed by atoms with Gasteiger partial charge >= 0.3 is 0 Å². The molecule has 114 valence electrons. The van der Waals surface area contributed by atoms with Crippen molar-refractivity contribution >= 4 is 28.3 Å². The van der Waals surface area contributed by atoms with Gasteiger partial charge in [-0.1, -0.05) is 29.8 Å². The summed E-state index contributed by atoms with van der Waals surface area (Å²) in [5.74, 6) is 0.763. The molecule has 3 nitrogen and oxygen atoms in total. The van der Waals surface area contributed by atoms with Crippen LogP contribution in [0.2, 0.25) is 5.02 Å². The summed E-state index contributed by atoms with van der Waals surface area (Å²) < 4.78 is 0. The molecule has 2 aromatic carbocycles. The summed E-state index contributed by atoms with van der Waals surface area (Å²) in [4.78, 5) is 15.0. The lowest BCUT2D eigenvalue weighted by Gasteiger charge is -2.30. The summed E-state index contributed by atoms with van der Waals surface area (Å²) in [6.45, 7) is 3.37. The third kappa shape index (κ3) is 2.59. The van der Waals surface area contributed by atoms with Crippen molar-refractivity contribution in [3.63, 3.8) is 0 Å². The molecule has 4 heteroatoms. The molecule has 0 spiro atoms. The number of nitrogens with one attached hydrogen (secondary N) is 1. The fourth-order valence-corrected chi connectivity index (χ4v) is 4.05. The Balaban J connectivity index is 1.54. The first-order valence-corrected chi connectivity index (χ1v) is 8.28. The van der Waals surface area contributed by atoms with E-state index in [9.17, 15) is 4.79 Å². The van der Waals surface area contributed by atoms with Crippen LogP contribution in [0.25, 0.3) is 10.8 Å². The standard InChI is InChI=1S/C18H19ClN2O/c19-17-3-1-2-13-4-5-14(9-16(13)17)18(22)20-15-8-12-6-7-21(10-12)11-15/h1-5,9,12,15H,6-8,10-11H2,(H,20,22)/t12-,15-/m1/s1. The van der Waals surface area contributed by atoms with E-state index in [0.717, 1.165) is 29.7 Å². The second-order valence-corrected chi connectivity index (χ2v) is 6.90. The van der Waals surface area contributed by atoms with Crippen LogP contribution in [0.15, 0.2) is 36.4 Å². The van der Waals surface area contributed by atoms with Gasteiger partial charge in [0, 0.05) is 35.1 Å². The summed E-state index contributed by atoms with van der Waals surface area (Å²) in [5, 5.41) is 5.88. The highest BCUT2D eigenvalue weighted by atomic mass is 35.5. The number of hydrogen-bond acceptors (Lipinski definition) is 2. The number of benzene rings is 2. The van der Waals surface area contributed by atoms with Gasteiger partial charge < -0.3 is 10.2 Å². The third-order valence-corrected chi connectivity index (χ3v) is 5.22. The van der Waals surface area contributed by atoms with Crippen LogP contribution in [0.4, 0.5) is 0 Å². The fraction of sp³-hybridized carbons (Fsp3) is 0.389. The highest BCUT2D eigenvalue weighted by Crippen LogP contribution is 2.27. The van der Waals surface area contributed by atoms with Gasteiger partial charge in [0.1, 0.15) is 0 Å². The molecule has 2 fully saturated rings. The number of halogens is 1. The van der Waals surface area contributed by atoms with Gasteiger partial charge in [0.15, 0.2) is 0 Å². The Morgan fingerprint density at radius 3 is 3.00 bits per heavy atom. The zero-order valence-corrected chi connectivity index (χ0v) is 13.1. The van der Waals surface area contributed by atoms with E-state index < -0.39 is 0 Å². The van der Waals surface area contributed by atoms with Crippen LogP contribution >= 0.6 is 11.6 Å². The maximum Gasteiger partial charge on any atom is 0.251 e. The number of nitrogens with zero attached hydrogens (tertiary/aromatic N) is 1. The smallest absolute Gasteiger partial charge is 0.251 e. The Kier molecular flexibility index (Phi) is 3.55. The van der Waals surface area contributed by atoms with Crippen LogP contribution in [0.3, 0.4) is 0 Å². The normalized spacial score (nSPS) is 27.0. The van der Waals surface area contributed by atoms with Crippen LogP contribution in [-0.4, -0.2) is 36.5 Å². The molecule has 1 amide bonds. The van der Waals surface area contributed by atoms with Crippen molar-refractivity contribution in [2.24, 2.45) is 5.92 Å². The van der Waals surface area contributed by atoms with Gasteiger partial charge in [0.05, 0.1) is 0 Å². The number of piperidine rings is 1. The zero-order valence-electron chi connectivity index (χ0n) is 12.4. The lowest BCUT2D eigenvalue weighted by molar-refractivity contribution is 0.0909. The molecule has 1 N–H and O–H groups in total. The molecule has 0 radical (unpaired) electrons. The maximum absolute atomic E-state index is 12.5. The van der Waals surface area contributed by atoms with E-state index in [1.807, 2.05) is 36.4 Å². The van der Waals surface area contributed by atoms with Gasteiger partial charge in [-0.25, -0.2) is 0 Å². The molecule has 2 heterocycles.